The van der Waals surface area contributed by atoms with Gasteiger partial charge in [0.15, 0.2) is 6.61 Å². The Morgan fingerprint density at radius 1 is 1.26 bits per heavy atom. The van der Waals surface area contributed by atoms with Gasteiger partial charge >= 0.3 is 5.97 Å². The van der Waals surface area contributed by atoms with Gasteiger partial charge in [-0.25, -0.2) is 22.9 Å². The number of hydrogen-bond acceptors (Lipinski definition) is 7. The molecule has 1 heterocycles. The first-order chi connectivity index (χ1) is 12.8. The van der Waals surface area contributed by atoms with Crippen molar-refractivity contribution in [2.45, 2.75) is 16.8 Å². The fourth-order valence-electron chi connectivity index (χ4n) is 2.19. The fourth-order valence-corrected chi connectivity index (χ4v) is 3.72. The van der Waals surface area contributed by atoms with Gasteiger partial charge < -0.3 is 10.1 Å². The molecule has 0 saturated heterocycles. The Morgan fingerprint density at radius 2 is 2.00 bits per heavy atom. The summed E-state index contributed by atoms with van der Waals surface area (Å²) in [6.45, 7) is 1.14. The molecule has 10 heteroatoms. The molecule has 0 aliphatic heterocycles. The van der Waals surface area contributed by atoms with Gasteiger partial charge in [0.05, 0.1) is 10.5 Å². The van der Waals surface area contributed by atoms with Crippen LogP contribution in [0.4, 0.5) is 5.69 Å². The SMILES string of the molecule is CNS(=O)(=O)c1cc(NC(=O)COC(=O)c2cccnc2SC)ccc1C. The van der Waals surface area contributed by atoms with E-state index in [9.17, 15) is 18.0 Å². The first-order valence-electron chi connectivity index (χ1n) is 7.78. The van der Waals surface area contributed by atoms with Crippen LogP contribution in [0.1, 0.15) is 15.9 Å². The minimum Gasteiger partial charge on any atom is -0.452 e. The zero-order valence-corrected chi connectivity index (χ0v) is 16.6. The van der Waals surface area contributed by atoms with Crippen LogP contribution >= 0.6 is 11.8 Å². The fraction of sp³-hybridized carbons (Fsp3) is 0.235. The van der Waals surface area contributed by atoms with Crippen molar-refractivity contribution in [1.29, 1.82) is 0 Å². The predicted octanol–water partition coefficient (Wildman–Crippen LogP) is 1.82. The Labute approximate surface area is 161 Å². The van der Waals surface area contributed by atoms with Crippen LogP contribution < -0.4 is 10.0 Å². The highest BCUT2D eigenvalue weighted by atomic mass is 32.2. The molecular formula is C17H19N3O5S2. The molecule has 1 aromatic carbocycles. The summed E-state index contributed by atoms with van der Waals surface area (Å²) in [5.74, 6) is -1.25. The Balaban J connectivity index is 2.04. The van der Waals surface area contributed by atoms with Crippen molar-refractivity contribution >= 4 is 39.3 Å². The third-order valence-corrected chi connectivity index (χ3v) is 5.82. The number of nitrogens with zero attached hydrogens (tertiary/aromatic N) is 1. The number of esters is 1. The van der Waals surface area contributed by atoms with Gasteiger partial charge in [0.25, 0.3) is 5.91 Å². The van der Waals surface area contributed by atoms with Gasteiger partial charge in [-0.1, -0.05) is 6.07 Å². The molecule has 0 aliphatic carbocycles. The van der Waals surface area contributed by atoms with Crippen LogP contribution in [-0.2, 0) is 19.6 Å². The smallest absolute Gasteiger partial charge is 0.341 e. The number of pyridine rings is 1. The maximum absolute atomic E-state index is 12.1. The number of hydrogen-bond donors (Lipinski definition) is 2. The molecule has 2 N–H and O–H groups in total. The van der Waals surface area contributed by atoms with E-state index in [1.165, 1.54) is 24.9 Å². The number of amides is 1. The molecule has 8 nitrogen and oxygen atoms in total. The first-order valence-corrected chi connectivity index (χ1v) is 10.5. The van der Waals surface area contributed by atoms with Crippen molar-refractivity contribution in [3.8, 4) is 0 Å². The highest BCUT2D eigenvalue weighted by molar-refractivity contribution is 7.98. The summed E-state index contributed by atoms with van der Waals surface area (Å²) in [6, 6.07) is 7.65. The summed E-state index contributed by atoms with van der Waals surface area (Å²) in [5.41, 5.74) is 1.09. The number of carbonyl (C=O) groups excluding carboxylic acids is 2. The minimum absolute atomic E-state index is 0.0553. The van der Waals surface area contributed by atoms with E-state index in [0.29, 0.717) is 10.6 Å². The standard InChI is InChI=1S/C17H19N3O5S2/c1-11-6-7-12(9-14(11)27(23,24)18-2)20-15(21)10-25-17(22)13-5-4-8-19-16(13)26-3/h4-9,18H,10H2,1-3H3,(H,20,21). The van der Waals surface area contributed by atoms with E-state index in [-0.39, 0.29) is 16.1 Å². The van der Waals surface area contributed by atoms with Gasteiger partial charge in [0.2, 0.25) is 10.0 Å². The van der Waals surface area contributed by atoms with Crippen LogP contribution in [0.3, 0.4) is 0 Å². The van der Waals surface area contributed by atoms with E-state index in [1.807, 2.05) is 0 Å². The number of thioether (sulfide) groups is 1. The summed E-state index contributed by atoms with van der Waals surface area (Å²) in [5, 5.41) is 3.02. The summed E-state index contributed by atoms with van der Waals surface area (Å²) < 4.78 is 31.2. The maximum atomic E-state index is 12.1. The number of nitrogens with one attached hydrogen (secondary N) is 2. The van der Waals surface area contributed by atoms with Crippen LogP contribution in [0, 0.1) is 6.92 Å². The van der Waals surface area contributed by atoms with Crippen molar-refractivity contribution in [3.63, 3.8) is 0 Å². The predicted molar refractivity (Wildman–Crippen MR) is 102 cm³/mol. The number of carbonyl (C=O) groups is 2. The Hall–Kier alpha value is -2.43. The first kappa shape index (κ1) is 20.9. The van der Waals surface area contributed by atoms with Crippen LogP contribution in [0.15, 0.2) is 46.5 Å². The van der Waals surface area contributed by atoms with E-state index < -0.39 is 28.5 Å². The van der Waals surface area contributed by atoms with Crippen molar-refractivity contribution in [3.05, 3.63) is 47.7 Å². The van der Waals surface area contributed by atoms with Crippen LogP contribution in [0.5, 0.6) is 0 Å². The van der Waals surface area contributed by atoms with Crippen molar-refractivity contribution in [1.82, 2.24) is 9.71 Å². The molecule has 0 atom stereocenters. The number of sulfonamides is 1. The topological polar surface area (TPSA) is 114 Å². The molecule has 27 heavy (non-hydrogen) atoms. The van der Waals surface area contributed by atoms with Crippen molar-refractivity contribution < 1.29 is 22.7 Å². The molecule has 0 unspecified atom stereocenters. The minimum atomic E-state index is -3.65. The summed E-state index contributed by atoms with van der Waals surface area (Å²) in [6.07, 6.45) is 3.34. The molecule has 0 aliphatic rings. The molecule has 2 rings (SSSR count). The Morgan fingerprint density at radius 3 is 2.67 bits per heavy atom. The van der Waals surface area contributed by atoms with Gasteiger partial charge in [0, 0.05) is 11.9 Å². The van der Waals surface area contributed by atoms with Crippen molar-refractivity contribution in [2.24, 2.45) is 0 Å². The lowest BCUT2D eigenvalue weighted by molar-refractivity contribution is -0.119. The molecule has 2 aromatic rings. The zero-order chi connectivity index (χ0) is 20.0. The number of anilines is 1. The molecular weight excluding hydrogens is 390 g/mol. The third-order valence-electron chi connectivity index (χ3n) is 3.55. The summed E-state index contributed by atoms with van der Waals surface area (Å²) in [4.78, 5) is 28.3. The number of rotatable bonds is 7. The molecule has 0 spiro atoms. The second-order valence-electron chi connectivity index (χ2n) is 5.37. The molecule has 0 saturated carbocycles. The zero-order valence-electron chi connectivity index (χ0n) is 15.0. The van der Waals surface area contributed by atoms with Gasteiger partial charge in [-0.15, -0.1) is 11.8 Å². The molecule has 0 radical (unpaired) electrons. The Bertz CT molecular complexity index is 961. The summed E-state index contributed by atoms with van der Waals surface area (Å²) in [7, 11) is -2.35. The van der Waals surface area contributed by atoms with Gasteiger partial charge in [-0.3, -0.25) is 4.79 Å². The molecule has 1 amide bonds. The van der Waals surface area contributed by atoms with E-state index in [0.717, 1.165) is 0 Å². The largest absolute Gasteiger partial charge is 0.452 e. The average molecular weight is 409 g/mol. The van der Waals surface area contributed by atoms with Crippen LogP contribution in [-0.4, -0.2) is 45.2 Å². The van der Waals surface area contributed by atoms with Crippen LogP contribution in [0.2, 0.25) is 0 Å². The van der Waals surface area contributed by atoms with Gasteiger partial charge in [-0.05, 0) is 50.1 Å². The second-order valence-corrected chi connectivity index (χ2v) is 8.02. The quantitative estimate of drug-likeness (QED) is 0.529. The maximum Gasteiger partial charge on any atom is 0.341 e. The van der Waals surface area contributed by atoms with Gasteiger partial charge in [-0.2, -0.15) is 0 Å². The van der Waals surface area contributed by atoms with E-state index in [4.69, 9.17) is 4.74 Å². The lowest BCUT2D eigenvalue weighted by atomic mass is 10.2. The lowest BCUT2D eigenvalue weighted by Gasteiger charge is -2.11. The molecule has 0 fully saturated rings. The van der Waals surface area contributed by atoms with Crippen LogP contribution in [0.25, 0.3) is 0 Å². The highest BCUT2D eigenvalue weighted by Gasteiger charge is 2.17. The molecule has 144 valence electrons. The number of benzene rings is 1. The number of aryl methyl sites for hydroxylation is 1. The highest BCUT2D eigenvalue weighted by Crippen LogP contribution is 2.20. The number of ether oxygens (including phenoxy) is 1. The average Bonchev–Trinajstić information content (AvgIpc) is 2.67. The third kappa shape index (κ3) is 5.28. The monoisotopic (exact) mass is 409 g/mol. The molecule has 1 aromatic heterocycles. The molecule has 0 bridgehead atoms. The van der Waals surface area contributed by atoms with Crippen molar-refractivity contribution in [2.75, 3.05) is 25.2 Å². The van der Waals surface area contributed by atoms with E-state index in [2.05, 4.69) is 15.0 Å². The normalized spacial score (nSPS) is 11.1. The Kier molecular flexibility index (Phi) is 6.94. The number of aromatic nitrogens is 1. The lowest BCUT2D eigenvalue weighted by Crippen LogP contribution is -2.22. The second kappa shape index (κ2) is 8.98. The van der Waals surface area contributed by atoms with E-state index >= 15 is 0 Å². The van der Waals surface area contributed by atoms with E-state index in [1.54, 1.807) is 43.6 Å². The van der Waals surface area contributed by atoms with Gasteiger partial charge in [0.1, 0.15) is 5.03 Å². The summed E-state index contributed by atoms with van der Waals surface area (Å²) >= 11 is 1.29.